The maximum absolute atomic E-state index is 12.5. The first-order chi connectivity index (χ1) is 12.1. The molecular formula is C20H23NO4. The van der Waals surface area contributed by atoms with Crippen LogP contribution in [0.15, 0.2) is 54.6 Å². The number of benzene rings is 2. The topological polar surface area (TPSA) is 64.6 Å². The van der Waals surface area contributed by atoms with E-state index in [4.69, 9.17) is 9.47 Å². The van der Waals surface area contributed by atoms with E-state index in [1.54, 1.807) is 38.3 Å². The first kappa shape index (κ1) is 18.5. The van der Waals surface area contributed by atoms with Crippen molar-refractivity contribution < 1.29 is 19.1 Å². The van der Waals surface area contributed by atoms with E-state index < -0.39 is 17.9 Å². The lowest BCUT2D eigenvalue weighted by Crippen LogP contribution is -2.40. The highest BCUT2D eigenvalue weighted by atomic mass is 16.5. The number of rotatable bonds is 8. The fraction of sp³-hybridized carbons (Fsp3) is 0.300. The molecule has 0 aliphatic heterocycles. The number of Topliss-reactive ketones (excluding diaryl/α,β-unsaturated/α-hetero) is 1. The third-order valence-corrected chi connectivity index (χ3v) is 3.88. The first-order valence-corrected chi connectivity index (χ1v) is 8.19. The second-order valence-corrected chi connectivity index (χ2v) is 5.60. The molecule has 0 bridgehead atoms. The van der Waals surface area contributed by atoms with E-state index in [1.165, 1.54) is 6.92 Å². The number of methoxy groups -OCH3 is 1. The Labute approximate surface area is 148 Å². The van der Waals surface area contributed by atoms with E-state index in [-0.39, 0.29) is 12.4 Å². The van der Waals surface area contributed by atoms with E-state index >= 15 is 0 Å². The minimum Gasteiger partial charge on any atom is -0.497 e. The molecule has 0 aromatic heterocycles. The minimum absolute atomic E-state index is 0.106. The van der Waals surface area contributed by atoms with Gasteiger partial charge in [-0.2, -0.15) is 0 Å². The van der Waals surface area contributed by atoms with Crippen LogP contribution in [0.4, 0.5) is 5.69 Å². The highest BCUT2D eigenvalue weighted by Gasteiger charge is 2.34. The van der Waals surface area contributed by atoms with Gasteiger partial charge >= 0.3 is 5.97 Å². The predicted molar refractivity (Wildman–Crippen MR) is 96.9 cm³/mol. The third kappa shape index (κ3) is 4.83. The summed E-state index contributed by atoms with van der Waals surface area (Å²) in [4.78, 5) is 24.8. The number of carbonyl (C=O) groups excluding carboxylic acids is 2. The molecule has 0 aliphatic rings. The highest BCUT2D eigenvalue weighted by molar-refractivity contribution is 5.93. The van der Waals surface area contributed by atoms with Crippen LogP contribution in [0.1, 0.15) is 25.3 Å². The van der Waals surface area contributed by atoms with E-state index in [1.807, 2.05) is 30.3 Å². The van der Waals surface area contributed by atoms with Crippen molar-refractivity contribution in [2.45, 2.75) is 25.8 Å². The average Bonchev–Trinajstić information content (AvgIpc) is 2.62. The van der Waals surface area contributed by atoms with Crippen LogP contribution in [0.3, 0.4) is 0 Å². The Bertz CT molecular complexity index is 697. The second-order valence-electron chi connectivity index (χ2n) is 5.60. The SMILES string of the molecule is CCOC(=O)[C@@H](Nc1ccc(OC)cc1)[C@H](C(C)=O)c1ccccc1. The van der Waals surface area contributed by atoms with Gasteiger partial charge in [-0.1, -0.05) is 30.3 Å². The standard InChI is InChI=1S/C20H23NO4/c1-4-25-20(23)19(21-16-10-12-17(24-3)13-11-16)18(14(2)22)15-8-6-5-7-9-15/h5-13,18-19,21H,4H2,1-3H3/t18-,19+/m1/s1. The van der Waals surface area contributed by atoms with Crippen LogP contribution in [0.2, 0.25) is 0 Å². The molecule has 2 aromatic rings. The molecule has 0 saturated carbocycles. The van der Waals surface area contributed by atoms with Gasteiger partial charge in [0.05, 0.1) is 19.6 Å². The van der Waals surface area contributed by atoms with E-state index in [2.05, 4.69) is 5.32 Å². The molecule has 0 spiro atoms. The van der Waals surface area contributed by atoms with Crippen molar-refractivity contribution >= 4 is 17.4 Å². The lowest BCUT2D eigenvalue weighted by atomic mass is 9.88. The van der Waals surface area contributed by atoms with Gasteiger partial charge in [-0.15, -0.1) is 0 Å². The maximum Gasteiger partial charge on any atom is 0.329 e. The fourth-order valence-corrected chi connectivity index (χ4v) is 2.70. The molecule has 2 aromatic carbocycles. The molecule has 5 nitrogen and oxygen atoms in total. The normalized spacial score (nSPS) is 12.8. The number of anilines is 1. The summed E-state index contributed by atoms with van der Waals surface area (Å²) >= 11 is 0. The molecule has 2 rings (SSSR count). The van der Waals surface area contributed by atoms with Gasteiger partial charge in [0.15, 0.2) is 0 Å². The van der Waals surface area contributed by atoms with Gasteiger partial charge in [0, 0.05) is 5.69 Å². The molecule has 0 amide bonds. The van der Waals surface area contributed by atoms with Gasteiger partial charge in [0.25, 0.3) is 0 Å². The van der Waals surface area contributed by atoms with Crippen LogP contribution in [-0.4, -0.2) is 31.5 Å². The Morgan fingerprint density at radius 3 is 2.20 bits per heavy atom. The Morgan fingerprint density at radius 1 is 1.04 bits per heavy atom. The monoisotopic (exact) mass is 341 g/mol. The maximum atomic E-state index is 12.5. The number of nitrogens with one attached hydrogen (secondary N) is 1. The van der Waals surface area contributed by atoms with Crippen molar-refractivity contribution in [3.8, 4) is 5.75 Å². The molecule has 2 atom stereocenters. The molecular weight excluding hydrogens is 318 g/mol. The van der Waals surface area contributed by atoms with E-state index in [0.717, 1.165) is 5.56 Å². The summed E-state index contributed by atoms with van der Waals surface area (Å²) in [6, 6.07) is 15.6. The number of ether oxygens (including phenoxy) is 2. The summed E-state index contributed by atoms with van der Waals surface area (Å²) in [5.41, 5.74) is 1.48. The number of hydrogen-bond acceptors (Lipinski definition) is 5. The zero-order valence-electron chi connectivity index (χ0n) is 14.7. The van der Waals surface area contributed by atoms with Gasteiger partial charge < -0.3 is 14.8 Å². The summed E-state index contributed by atoms with van der Waals surface area (Å²) in [5.74, 6) is -0.487. The molecule has 0 aliphatic carbocycles. The van der Waals surface area contributed by atoms with Crippen molar-refractivity contribution in [3.63, 3.8) is 0 Å². The number of carbonyl (C=O) groups is 2. The molecule has 0 unspecified atom stereocenters. The predicted octanol–water partition coefficient (Wildman–Crippen LogP) is 3.41. The zero-order chi connectivity index (χ0) is 18.2. The molecule has 0 heterocycles. The summed E-state index contributed by atoms with van der Waals surface area (Å²) in [6.07, 6.45) is 0. The Kier molecular flexibility index (Phi) is 6.57. The lowest BCUT2D eigenvalue weighted by molar-refractivity contribution is -0.145. The van der Waals surface area contributed by atoms with Crippen molar-refractivity contribution in [2.24, 2.45) is 0 Å². The molecule has 132 valence electrons. The fourth-order valence-electron chi connectivity index (χ4n) is 2.70. The molecule has 1 N–H and O–H groups in total. The zero-order valence-corrected chi connectivity index (χ0v) is 14.7. The van der Waals surface area contributed by atoms with E-state index in [9.17, 15) is 9.59 Å². The number of esters is 1. The Balaban J connectivity index is 2.35. The Hall–Kier alpha value is -2.82. The molecule has 5 heteroatoms. The number of hydrogen-bond donors (Lipinski definition) is 1. The second kappa shape index (κ2) is 8.87. The van der Waals surface area contributed by atoms with Crippen molar-refractivity contribution in [1.82, 2.24) is 0 Å². The number of ketones is 1. The highest BCUT2D eigenvalue weighted by Crippen LogP contribution is 2.26. The van der Waals surface area contributed by atoms with Crippen molar-refractivity contribution in [2.75, 3.05) is 19.0 Å². The van der Waals surface area contributed by atoms with Crippen molar-refractivity contribution in [1.29, 1.82) is 0 Å². The lowest BCUT2D eigenvalue weighted by Gasteiger charge is -2.26. The summed E-state index contributed by atoms with van der Waals surface area (Å²) < 4.78 is 10.3. The van der Waals surface area contributed by atoms with Crippen LogP contribution >= 0.6 is 0 Å². The van der Waals surface area contributed by atoms with Crippen LogP contribution in [0.5, 0.6) is 5.75 Å². The molecule has 25 heavy (non-hydrogen) atoms. The van der Waals surface area contributed by atoms with Crippen molar-refractivity contribution in [3.05, 3.63) is 60.2 Å². The van der Waals surface area contributed by atoms with Gasteiger partial charge in [0.1, 0.15) is 17.6 Å². The third-order valence-electron chi connectivity index (χ3n) is 3.88. The van der Waals surface area contributed by atoms with Crippen LogP contribution in [0, 0.1) is 0 Å². The van der Waals surface area contributed by atoms with Crippen LogP contribution in [0.25, 0.3) is 0 Å². The average molecular weight is 341 g/mol. The van der Waals surface area contributed by atoms with Gasteiger partial charge in [0.2, 0.25) is 0 Å². The minimum atomic E-state index is -0.812. The summed E-state index contributed by atoms with van der Waals surface area (Å²) in [7, 11) is 1.59. The largest absolute Gasteiger partial charge is 0.497 e. The Morgan fingerprint density at radius 2 is 1.68 bits per heavy atom. The summed E-state index contributed by atoms with van der Waals surface area (Å²) in [5, 5.41) is 3.14. The van der Waals surface area contributed by atoms with E-state index in [0.29, 0.717) is 11.4 Å². The molecule has 0 fully saturated rings. The van der Waals surface area contributed by atoms with Gasteiger partial charge in [-0.05, 0) is 43.7 Å². The van der Waals surface area contributed by atoms with Crippen LogP contribution < -0.4 is 10.1 Å². The smallest absolute Gasteiger partial charge is 0.329 e. The molecule has 0 radical (unpaired) electrons. The quantitative estimate of drug-likeness (QED) is 0.746. The van der Waals surface area contributed by atoms with Crippen LogP contribution in [-0.2, 0) is 14.3 Å². The first-order valence-electron chi connectivity index (χ1n) is 8.19. The van der Waals surface area contributed by atoms with Gasteiger partial charge in [-0.3, -0.25) is 4.79 Å². The van der Waals surface area contributed by atoms with Gasteiger partial charge in [-0.25, -0.2) is 4.79 Å². The summed E-state index contributed by atoms with van der Waals surface area (Å²) in [6.45, 7) is 3.48. The molecule has 0 saturated heterocycles.